The zero-order valence-corrected chi connectivity index (χ0v) is 17.5. The largest absolute Gasteiger partial charge is 0.337 e. The topological polar surface area (TPSA) is 72.2 Å². The van der Waals surface area contributed by atoms with Crippen molar-refractivity contribution in [2.24, 2.45) is 0 Å². The van der Waals surface area contributed by atoms with Gasteiger partial charge in [-0.05, 0) is 62.2 Å². The minimum absolute atomic E-state index is 0.0289. The Hall–Kier alpha value is -4.06. The molecule has 0 aliphatic heterocycles. The molecule has 0 fully saturated rings. The van der Waals surface area contributed by atoms with Crippen molar-refractivity contribution in [3.05, 3.63) is 94.8 Å². The Morgan fingerprint density at radius 1 is 0.839 bits per heavy atom. The molecule has 0 radical (unpaired) electrons. The number of rotatable bonds is 4. The van der Waals surface area contributed by atoms with Crippen molar-refractivity contribution in [2.75, 3.05) is 5.32 Å². The molecule has 6 heteroatoms. The van der Waals surface area contributed by atoms with Crippen LogP contribution in [0.25, 0.3) is 16.7 Å². The first-order chi connectivity index (χ1) is 15.0. The molecule has 6 nitrogen and oxygen atoms in total. The highest BCUT2D eigenvalue weighted by Gasteiger charge is 2.16. The van der Waals surface area contributed by atoms with Crippen LogP contribution in [-0.4, -0.2) is 25.4 Å². The second-order valence-corrected chi connectivity index (χ2v) is 7.77. The van der Waals surface area contributed by atoms with Crippen LogP contribution in [0.2, 0.25) is 0 Å². The summed E-state index contributed by atoms with van der Waals surface area (Å²) in [5, 5.41) is 12.0. The Balaban J connectivity index is 1.65. The van der Waals surface area contributed by atoms with Crippen LogP contribution in [0.4, 0.5) is 11.5 Å². The number of hydrogen-bond donors (Lipinski definition) is 1. The Kier molecular flexibility index (Phi) is 4.47. The van der Waals surface area contributed by atoms with Crippen LogP contribution < -0.4 is 5.32 Å². The van der Waals surface area contributed by atoms with Crippen molar-refractivity contribution in [3.8, 4) is 0 Å². The van der Waals surface area contributed by atoms with Crippen molar-refractivity contribution in [3.63, 3.8) is 0 Å². The lowest BCUT2D eigenvalue weighted by Gasteiger charge is -2.12. The van der Waals surface area contributed by atoms with Crippen LogP contribution in [0.1, 0.15) is 32.9 Å². The Morgan fingerprint density at radius 3 is 2.32 bits per heavy atom. The van der Waals surface area contributed by atoms with Crippen LogP contribution >= 0.6 is 0 Å². The van der Waals surface area contributed by atoms with Gasteiger partial charge in [-0.2, -0.15) is 0 Å². The average molecular weight is 407 g/mol. The standard InChI is InChI=1S/C25H21N5O/c1-15-11-16(2)13-20(12-15)26-24-25-29-28-17(3)30(25)22-14-19(9-10-21(22)27-24)23(31)18-7-5-4-6-8-18/h4-14H,1-3H3,(H,26,27). The first kappa shape index (κ1) is 18.9. The minimum Gasteiger partial charge on any atom is -0.337 e. The molecule has 1 N–H and O–H groups in total. The number of anilines is 2. The van der Waals surface area contributed by atoms with Gasteiger partial charge in [-0.25, -0.2) is 4.98 Å². The fraction of sp³-hybridized carbons (Fsp3) is 0.120. The number of nitrogens with zero attached hydrogens (tertiary/aromatic N) is 4. The summed E-state index contributed by atoms with van der Waals surface area (Å²) in [4.78, 5) is 17.7. The van der Waals surface area contributed by atoms with E-state index in [9.17, 15) is 4.79 Å². The normalized spacial score (nSPS) is 11.2. The zero-order valence-electron chi connectivity index (χ0n) is 17.5. The van der Waals surface area contributed by atoms with Gasteiger partial charge < -0.3 is 5.32 Å². The Bertz CT molecular complexity index is 1430. The molecule has 152 valence electrons. The zero-order chi connectivity index (χ0) is 21.5. The Labute approximate surface area is 179 Å². The van der Waals surface area contributed by atoms with Gasteiger partial charge in [0.05, 0.1) is 11.0 Å². The molecule has 3 aromatic carbocycles. The maximum atomic E-state index is 12.9. The monoisotopic (exact) mass is 407 g/mol. The molecule has 2 heterocycles. The molecule has 0 saturated carbocycles. The van der Waals surface area contributed by atoms with E-state index in [0.29, 0.717) is 22.6 Å². The summed E-state index contributed by atoms with van der Waals surface area (Å²) in [6.45, 7) is 6.02. The summed E-state index contributed by atoms with van der Waals surface area (Å²) in [6.07, 6.45) is 0. The number of aromatic nitrogens is 4. The highest BCUT2D eigenvalue weighted by Crippen LogP contribution is 2.26. The maximum Gasteiger partial charge on any atom is 0.204 e. The number of nitrogens with one attached hydrogen (secondary N) is 1. The first-order valence-electron chi connectivity index (χ1n) is 10.1. The lowest BCUT2D eigenvalue weighted by atomic mass is 10.0. The van der Waals surface area contributed by atoms with Crippen molar-refractivity contribution in [1.82, 2.24) is 19.6 Å². The fourth-order valence-electron chi connectivity index (χ4n) is 3.94. The van der Waals surface area contributed by atoms with Crippen LogP contribution in [0.15, 0.2) is 66.7 Å². The molecule has 0 spiro atoms. The molecular formula is C25H21N5O. The molecule has 0 saturated heterocycles. The van der Waals surface area contributed by atoms with Gasteiger partial charge in [-0.3, -0.25) is 9.20 Å². The van der Waals surface area contributed by atoms with E-state index in [1.165, 1.54) is 11.1 Å². The molecule has 0 aliphatic rings. The van der Waals surface area contributed by atoms with E-state index in [4.69, 9.17) is 4.98 Å². The third-order valence-electron chi connectivity index (χ3n) is 5.27. The predicted molar refractivity (Wildman–Crippen MR) is 122 cm³/mol. The molecule has 0 unspecified atom stereocenters. The summed E-state index contributed by atoms with van der Waals surface area (Å²) in [7, 11) is 0. The van der Waals surface area contributed by atoms with Gasteiger partial charge in [0, 0.05) is 16.8 Å². The smallest absolute Gasteiger partial charge is 0.204 e. The van der Waals surface area contributed by atoms with Crippen LogP contribution in [0.5, 0.6) is 0 Å². The number of fused-ring (bicyclic) bond motifs is 3. The summed E-state index contributed by atoms with van der Waals surface area (Å²) in [5.41, 5.74) is 6.71. The van der Waals surface area contributed by atoms with E-state index in [0.717, 1.165) is 22.5 Å². The molecule has 5 aromatic rings. The average Bonchev–Trinajstić information content (AvgIpc) is 3.15. The summed E-state index contributed by atoms with van der Waals surface area (Å²) >= 11 is 0. The van der Waals surface area contributed by atoms with Crippen molar-refractivity contribution in [2.45, 2.75) is 20.8 Å². The summed E-state index contributed by atoms with van der Waals surface area (Å²) < 4.78 is 1.94. The lowest BCUT2D eigenvalue weighted by Crippen LogP contribution is -2.05. The highest BCUT2D eigenvalue weighted by molar-refractivity contribution is 6.10. The third-order valence-corrected chi connectivity index (χ3v) is 5.27. The first-order valence-corrected chi connectivity index (χ1v) is 10.1. The minimum atomic E-state index is -0.0289. The number of carbonyl (C=O) groups is 1. The number of ketones is 1. The summed E-state index contributed by atoms with van der Waals surface area (Å²) in [5.74, 6) is 1.33. The SMILES string of the molecule is Cc1cc(C)cc(Nc2nc3ccc(C(=O)c4ccccc4)cc3n3c(C)nnc23)c1. The van der Waals surface area contributed by atoms with Gasteiger partial charge >= 0.3 is 0 Å². The van der Waals surface area contributed by atoms with E-state index in [2.05, 4.69) is 47.6 Å². The second kappa shape index (κ2) is 7.32. The molecule has 2 aromatic heterocycles. The van der Waals surface area contributed by atoms with Crippen LogP contribution in [0, 0.1) is 20.8 Å². The molecule has 31 heavy (non-hydrogen) atoms. The summed E-state index contributed by atoms with van der Waals surface area (Å²) in [6, 6.07) is 21.1. The van der Waals surface area contributed by atoms with Gasteiger partial charge in [-0.1, -0.05) is 36.4 Å². The van der Waals surface area contributed by atoms with Gasteiger partial charge in [0.15, 0.2) is 11.6 Å². The number of aryl methyl sites for hydroxylation is 3. The van der Waals surface area contributed by atoms with Gasteiger partial charge in [0.2, 0.25) is 5.65 Å². The van der Waals surface area contributed by atoms with E-state index < -0.39 is 0 Å². The number of benzene rings is 3. The van der Waals surface area contributed by atoms with E-state index in [-0.39, 0.29) is 5.78 Å². The maximum absolute atomic E-state index is 12.9. The van der Waals surface area contributed by atoms with E-state index >= 15 is 0 Å². The highest BCUT2D eigenvalue weighted by atomic mass is 16.1. The van der Waals surface area contributed by atoms with Crippen LogP contribution in [0.3, 0.4) is 0 Å². The number of hydrogen-bond acceptors (Lipinski definition) is 5. The molecule has 0 atom stereocenters. The Morgan fingerprint density at radius 2 is 1.58 bits per heavy atom. The predicted octanol–water partition coefficient (Wildman–Crippen LogP) is 5.18. The van der Waals surface area contributed by atoms with Gasteiger partial charge in [-0.15, -0.1) is 10.2 Å². The van der Waals surface area contributed by atoms with Gasteiger partial charge in [0.1, 0.15) is 5.82 Å². The molecule has 0 bridgehead atoms. The van der Waals surface area contributed by atoms with Crippen LogP contribution in [-0.2, 0) is 0 Å². The van der Waals surface area contributed by atoms with Crippen molar-refractivity contribution >= 4 is 34.0 Å². The van der Waals surface area contributed by atoms with Gasteiger partial charge in [0.25, 0.3) is 0 Å². The van der Waals surface area contributed by atoms with E-state index in [1.54, 1.807) is 0 Å². The number of carbonyl (C=O) groups excluding carboxylic acids is 1. The molecule has 0 aliphatic carbocycles. The molecule has 0 amide bonds. The fourth-order valence-corrected chi connectivity index (χ4v) is 3.94. The molecular weight excluding hydrogens is 386 g/mol. The lowest BCUT2D eigenvalue weighted by molar-refractivity contribution is 0.103. The van der Waals surface area contributed by atoms with E-state index in [1.807, 2.05) is 59.9 Å². The van der Waals surface area contributed by atoms with Crippen molar-refractivity contribution in [1.29, 1.82) is 0 Å². The second-order valence-electron chi connectivity index (χ2n) is 7.77. The molecule has 5 rings (SSSR count). The van der Waals surface area contributed by atoms with Crippen molar-refractivity contribution < 1.29 is 4.79 Å². The third kappa shape index (κ3) is 3.42. The quantitative estimate of drug-likeness (QED) is 0.416.